The largest absolute Gasteiger partial charge is 0.486 e. The van der Waals surface area contributed by atoms with E-state index >= 15 is 0 Å². The van der Waals surface area contributed by atoms with Crippen LogP contribution >= 0.6 is 11.3 Å². The molecule has 0 spiro atoms. The summed E-state index contributed by atoms with van der Waals surface area (Å²) >= 11 is 1.23. The Morgan fingerprint density at radius 2 is 2.00 bits per heavy atom. The molecule has 0 unspecified atom stereocenters. The molecule has 1 aromatic heterocycles. The summed E-state index contributed by atoms with van der Waals surface area (Å²) in [5.41, 5.74) is -0.798. The van der Waals surface area contributed by atoms with Crippen LogP contribution in [0.25, 0.3) is 0 Å². The maximum Gasteiger partial charge on any atom is 0.419 e. The van der Waals surface area contributed by atoms with Gasteiger partial charge in [0.05, 0.1) is 5.56 Å². The Morgan fingerprint density at radius 3 is 2.63 bits per heavy atom. The minimum atomic E-state index is -4.44. The molecule has 0 aliphatic rings. The second-order valence-electron chi connectivity index (χ2n) is 3.53. The number of nitrogens with one attached hydrogen (secondary N) is 1. The van der Waals surface area contributed by atoms with E-state index in [9.17, 15) is 13.2 Å². The van der Waals surface area contributed by atoms with E-state index in [2.05, 4.69) is 15.5 Å². The van der Waals surface area contributed by atoms with Crippen molar-refractivity contribution in [3.05, 3.63) is 34.8 Å². The van der Waals surface area contributed by atoms with Gasteiger partial charge in [-0.1, -0.05) is 23.5 Å². The van der Waals surface area contributed by atoms with Gasteiger partial charge >= 0.3 is 6.18 Å². The van der Waals surface area contributed by atoms with Crippen LogP contribution in [0, 0.1) is 0 Å². The molecule has 1 N–H and O–H groups in total. The quantitative estimate of drug-likeness (QED) is 0.939. The van der Waals surface area contributed by atoms with E-state index < -0.39 is 11.7 Å². The van der Waals surface area contributed by atoms with Crippen LogP contribution in [-0.4, -0.2) is 17.2 Å². The Bertz CT molecular complexity index is 556. The summed E-state index contributed by atoms with van der Waals surface area (Å²) in [6.07, 6.45) is -4.44. The van der Waals surface area contributed by atoms with Crippen molar-refractivity contribution >= 4 is 16.5 Å². The molecule has 0 aliphatic carbocycles. The first-order valence-electron chi connectivity index (χ1n) is 5.30. The molecule has 0 saturated heterocycles. The molecule has 0 bridgehead atoms. The average molecular weight is 289 g/mol. The molecule has 2 rings (SSSR count). The van der Waals surface area contributed by atoms with E-state index in [4.69, 9.17) is 4.74 Å². The smallest absolute Gasteiger partial charge is 0.419 e. The third-order valence-electron chi connectivity index (χ3n) is 2.22. The van der Waals surface area contributed by atoms with Crippen molar-refractivity contribution in [1.82, 2.24) is 10.2 Å². The van der Waals surface area contributed by atoms with Crippen LogP contribution in [0.4, 0.5) is 18.3 Å². The average Bonchev–Trinajstić information content (AvgIpc) is 2.83. The number of halogens is 3. The second-order valence-corrected chi connectivity index (χ2v) is 4.60. The molecule has 19 heavy (non-hydrogen) atoms. The summed E-state index contributed by atoms with van der Waals surface area (Å²) in [6.45, 7) is -0.0492. The molecule has 0 amide bonds. The highest BCUT2D eigenvalue weighted by molar-refractivity contribution is 7.15. The van der Waals surface area contributed by atoms with Gasteiger partial charge < -0.3 is 10.1 Å². The fraction of sp³-hybridized carbons (Fsp3) is 0.273. The minimum Gasteiger partial charge on any atom is -0.486 e. The molecule has 0 atom stereocenters. The van der Waals surface area contributed by atoms with Gasteiger partial charge in [-0.15, -0.1) is 10.2 Å². The van der Waals surface area contributed by atoms with Gasteiger partial charge in [-0.2, -0.15) is 13.2 Å². The van der Waals surface area contributed by atoms with E-state index in [1.54, 1.807) is 7.05 Å². The van der Waals surface area contributed by atoms with Crippen LogP contribution in [0.2, 0.25) is 0 Å². The number of hydrogen-bond acceptors (Lipinski definition) is 5. The molecule has 1 aromatic carbocycles. The zero-order chi connectivity index (χ0) is 13.9. The van der Waals surface area contributed by atoms with Crippen LogP contribution in [0.1, 0.15) is 10.6 Å². The Balaban J connectivity index is 2.11. The van der Waals surface area contributed by atoms with Crippen molar-refractivity contribution in [3.63, 3.8) is 0 Å². The van der Waals surface area contributed by atoms with Crippen molar-refractivity contribution in [2.75, 3.05) is 12.4 Å². The van der Waals surface area contributed by atoms with Gasteiger partial charge in [0, 0.05) is 7.05 Å². The normalized spacial score (nSPS) is 11.4. The lowest BCUT2D eigenvalue weighted by molar-refractivity contribution is -0.139. The summed E-state index contributed by atoms with van der Waals surface area (Å²) in [6, 6.07) is 5.07. The summed E-state index contributed by atoms with van der Waals surface area (Å²) in [5.74, 6) is -0.212. The lowest BCUT2D eigenvalue weighted by atomic mass is 10.2. The molecule has 0 radical (unpaired) electrons. The van der Waals surface area contributed by atoms with Gasteiger partial charge in [0.1, 0.15) is 12.4 Å². The fourth-order valence-corrected chi connectivity index (χ4v) is 1.99. The Labute approximate surface area is 111 Å². The zero-order valence-corrected chi connectivity index (χ0v) is 10.7. The lowest BCUT2D eigenvalue weighted by Gasteiger charge is -2.12. The van der Waals surface area contributed by atoms with Crippen molar-refractivity contribution < 1.29 is 17.9 Å². The van der Waals surface area contributed by atoms with Crippen LogP contribution in [0.15, 0.2) is 24.3 Å². The number of hydrogen-bond donors (Lipinski definition) is 1. The van der Waals surface area contributed by atoms with Gasteiger partial charge in [-0.25, -0.2) is 0 Å². The highest BCUT2D eigenvalue weighted by atomic mass is 32.1. The Morgan fingerprint density at radius 1 is 1.26 bits per heavy atom. The summed E-state index contributed by atoms with van der Waals surface area (Å²) < 4.78 is 43.3. The molecule has 102 valence electrons. The maximum absolute atomic E-state index is 12.7. The third kappa shape index (κ3) is 3.34. The summed E-state index contributed by atoms with van der Waals surface area (Å²) in [4.78, 5) is 0. The number of rotatable bonds is 4. The number of alkyl halides is 3. The van der Waals surface area contributed by atoms with Gasteiger partial charge in [-0.05, 0) is 12.1 Å². The van der Waals surface area contributed by atoms with Crippen LogP contribution in [-0.2, 0) is 12.8 Å². The highest BCUT2D eigenvalue weighted by Crippen LogP contribution is 2.36. The summed E-state index contributed by atoms with van der Waals surface area (Å²) in [5, 5.41) is 11.4. The molecular formula is C11H10F3N3OS. The number of nitrogens with zero attached hydrogens (tertiary/aromatic N) is 2. The number of ether oxygens (including phenoxy) is 1. The topological polar surface area (TPSA) is 47.0 Å². The predicted octanol–water partition coefficient (Wildman–Crippen LogP) is 3.18. The van der Waals surface area contributed by atoms with E-state index in [-0.39, 0.29) is 12.4 Å². The first-order valence-corrected chi connectivity index (χ1v) is 6.11. The molecular weight excluding hydrogens is 279 g/mol. The molecule has 0 fully saturated rings. The minimum absolute atomic E-state index is 0.0492. The SMILES string of the molecule is CNc1nnc(COc2ccccc2C(F)(F)F)s1. The molecule has 0 aliphatic heterocycles. The Hall–Kier alpha value is -1.83. The van der Waals surface area contributed by atoms with Gasteiger partial charge in [0.15, 0.2) is 5.01 Å². The number of benzene rings is 1. The van der Waals surface area contributed by atoms with Crippen molar-refractivity contribution in [1.29, 1.82) is 0 Å². The lowest BCUT2D eigenvalue weighted by Crippen LogP contribution is -2.08. The van der Waals surface area contributed by atoms with Crippen molar-refractivity contribution in [2.24, 2.45) is 0 Å². The van der Waals surface area contributed by atoms with Gasteiger partial charge in [0.2, 0.25) is 5.13 Å². The van der Waals surface area contributed by atoms with Crippen LogP contribution in [0.5, 0.6) is 5.75 Å². The number of para-hydroxylation sites is 1. The van der Waals surface area contributed by atoms with E-state index in [0.29, 0.717) is 10.1 Å². The van der Waals surface area contributed by atoms with E-state index in [0.717, 1.165) is 6.07 Å². The van der Waals surface area contributed by atoms with E-state index in [1.807, 2.05) is 0 Å². The first kappa shape index (κ1) is 13.6. The third-order valence-corrected chi connectivity index (χ3v) is 3.14. The number of anilines is 1. The standard InChI is InChI=1S/C11H10F3N3OS/c1-15-10-17-16-9(19-10)6-18-8-5-3-2-4-7(8)11(12,13)14/h2-5H,6H2,1H3,(H,15,17). The second kappa shape index (κ2) is 5.43. The molecule has 1 heterocycles. The number of aromatic nitrogens is 2. The van der Waals surface area contributed by atoms with Crippen molar-refractivity contribution in [3.8, 4) is 5.75 Å². The van der Waals surface area contributed by atoms with Gasteiger partial charge in [0.25, 0.3) is 0 Å². The first-order chi connectivity index (χ1) is 9.00. The molecule has 4 nitrogen and oxygen atoms in total. The van der Waals surface area contributed by atoms with E-state index in [1.165, 1.54) is 29.5 Å². The van der Waals surface area contributed by atoms with Crippen LogP contribution < -0.4 is 10.1 Å². The maximum atomic E-state index is 12.7. The monoisotopic (exact) mass is 289 g/mol. The highest BCUT2D eigenvalue weighted by Gasteiger charge is 2.34. The predicted molar refractivity (Wildman–Crippen MR) is 65.2 cm³/mol. The summed E-state index contributed by atoms with van der Waals surface area (Å²) in [7, 11) is 1.68. The molecule has 8 heteroatoms. The van der Waals surface area contributed by atoms with Crippen molar-refractivity contribution in [2.45, 2.75) is 12.8 Å². The zero-order valence-electron chi connectivity index (χ0n) is 9.86. The van der Waals surface area contributed by atoms with Gasteiger partial charge in [-0.3, -0.25) is 0 Å². The molecule has 2 aromatic rings. The molecule has 0 saturated carbocycles. The Kier molecular flexibility index (Phi) is 3.89. The fourth-order valence-electron chi connectivity index (χ4n) is 1.38. The van der Waals surface area contributed by atoms with Crippen LogP contribution in [0.3, 0.4) is 0 Å².